The van der Waals surface area contributed by atoms with Crippen LogP contribution in [0.15, 0.2) is 42.5 Å². The van der Waals surface area contributed by atoms with Crippen LogP contribution in [-0.4, -0.2) is 27.1 Å². The highest BCUT2D eigenvalue weighted by Gasteiger charge is 2.14. The molecule has 0 unspecified atom stereocenters. The lowest BCUT2D eigenvalue weighted by Crippen LogP contribution is -2.29. The SMILES string of the molecule is O=[N+]([O-])c1ccc(-c2nc3ccc(B(O)O)cc3s2)cc1. The van der Waals surface area contributed by atoms with Crippen LogP contribution in [0.2, 0.25) is 0 Å². The van der Waals surface area contributed by atoms with E-state index in [4.69, 9.17) is 10.0 Å². The van der Waals surface area contributed by atoms with Crippen LogP contribution in [-0.2, 0) is 0 Å². The Balaban J connectivity index is 2.02. The lowest BCUT2D eigenvalue weighted by atomic mass is 9.80. The van der Waals surface area contributed by atoms with Crippen LogP contribution in [0.25, 0.3) is 20.8 Å². The molecule has 2 N–H and O–H groups in total. The summed E-state index contributed by atoms with van der Waals surface area (Å²) in [5.74, 6) is 0. The molecule has 0 amide bonds. The quantitative estimate of drug-likeness (QED) is 0.434. The van der Waals surface area contributed by atoms with Crippen LogP contribution < -0.4 is 5.46 Å². The minimum Gasteiger partial charge on any atom is -0.423 e. The molecule has 0 aliphatic carbocycles. The van der Waals surface area contributed by atoms with Crippen molar-refractivity contribution in [2.24, 2.45) is 0 Å². The molecule has 0 radical (unpaired) electrons. The van der Waals surface area contributed by atoms with Crippen LogP contribution in [0.1, 0.15) is 0 Å². The number of aromatic nitrogens is 1. The third-order valence-corrected chi connectivity index (χ3v) is 4.10. The first-order valence-electron chi connectivity index (χ1n) is 6.06. The van der Waals surface area contributed by atoms with Gasteiger partial charge in [-0.25, -0.2) is 4.98 Å². The van der Waals surface area contributed by atoms with Gasteiger partial charge in [-0.3, -0.25) is 10.1 Å². The number of hydrogen-bond donors (Lipinski definition) is 2. The summed E-state index contributed by atoms with van der Waals surface area (Å²) in [5.41, 5.74) is 1.97. The average molecular weight is 300 g/mol. The predicted molar refractivity (Wildman–Crippen MR) is 81.5 cm³/mol. The second-order valence-electron chi connectivity index (χ2n) is 4.42. The second-order valence-corrected chi connectivity index (χ2v) is 5.45. The topological polar surface area (TPSA) is 96.5 Å². The first kappa shape index (κ1) is 13.7. The largest absolute Gasteiger partial charge is 0.488 e. The summed E-state index contributed by atoms with van der Waals surface area (Å²) in [6.07, 6.45) is 0. The van der Waals surface area contributed by atoms with Gasteiger partial charge in [0.1, 0.15) is 5.01 Å². The third-order valence-electron chi connectivity index (χ3n) is 3.04. The van der Waals surface area contributed by atoms with Gasteiger partial charge in [0.15, 0.2) is 0 Å². The normalized spacial score (nSPS) is 10.8. The maximum atomic E-state index is 10.6. The highest BCUT2D eigenvalue weighted by Crippen LogP contribution is 2.30. The highest BCUT2D eigenvalue weighted by molar-refractivity contribution is 7.21. The molecule has 6 nitrogen and oxygen atoms in total. The van der Waals surface area contributed by atoms with E-state index in [9.17, 15) is 10.1 Å². The number of nitro benzene ring substituents is 1. The summed E-state index contributed by atoms with van der Waals surface area (Å²) in [4.78, 5) is 14.6. The van der Waals surface area contributed by atoms with E-state index in [2.05, 4.69) is 4.98 Å². The van der Waals surface area contributed by atoms with Crippen molar-refractivity contribution in [2.75, 3.05) is 0 Å². The molecule has 2 aromatic carbocycles. The van der Waals surface area contributed by atoms with E-state index in [0.29, 0.717) is 5.46 Å². The van der Waals surface area contributed by atoms with E-state index in [-0.39, 0.29) is 5.69 Å². The van der Waals surface area contributed by atoms with E-state index in [0.717, 1.165) is 20.8 Å². The van der Waals surface area contributed by atoms with E-state index in [1.54, 1.807) is 30.3 Å². The predicted octanol–water partition coefficient (Wildman–Crippen LogP) is 1.55. The van der Waals surface area contributed by atoms with Crippen LogP contribution in [0.4, 0.5) is 5.69 Å². The minimum absolute atomic E-state index is 0.0329. The summed E-state index contributed by atoms with van der Waals surface area (Å²) < 4.78 is 0.828. The molecule has 1 aromatic heterocycles. The maximum Gasteiger partial charge on any atom is 0.488 e. The van der Waals surface area contributed by atoms with Gasteiger partial charge in [0.25, 0.3) is 5.69 Å². The maximum absolute atomic E-state index is 10.6. The number of thiazole rings is 1. The van der Waals surface area contributed by atoms with Crippen LogP contribution in [0.3, 0.4) is 0 Å². The zero-order valence-corrected chi connectivity index (χ0v) is 11.4. The fraction of sp³-hybridized carbons (Fsp3) is 0. The van der Waals surface area contributed by atoms with Crippen LogP contribution in [0.5, 0.6) is 0 Å². The Kier molecular flexibility index (Phi) is 3.42. The molecule has 0 spiro atoms. The summed E-state index contributed by atoms with van der Waals surface area (Å²) >= 11 is 1.39. The van der Waals surface area contributed by atoms with E-state index in [1.165, 1.54) is 23.5 Å². The molecule has 0 saturated heterocycles. The summed E-state index contributed by atoms with van der Waals surface area (Å²) in [5, 5.41) is 29.7. The number of rotatable bonds is 3. The van der Waals surface area contributed by atoms with Crippen molar-refractivity contribution in [1.29, 1.82) is 0 Å². The lowest BCUT2D eigenvalue weighted by molar-refractivity contribution is -0.384. The molecular weight excluding hydrogens is 291 g/mol. The Morgan fingerprint density at radius 2 is 1.86 bits per heavy atom. The average Bonchev–Trinajstić information content (AvgIpc) is 2.90. The van der Waals surface area contributed by atoms with Crippen molar-refractivity contribution < 1.29 is 15.0 Å². The van der Waals surface area contributed by atoms with Gasteiger partial charge in [-0.2, -0.15) is 0 Å². The summed E-state index contributed by atoms with van der Waals surface area (Å²) in [6.45, 7) is 0. The Labute approximate surface area is 123 Å². The molecule has 0 bridgehead atoms. The number of non-ortho nitro benzene ring substituents is 1. The van der Waals surface area contributed by atoms with Gasteiger partial charge in [-0.05, 0) is 29.7 Å². The van der Waals surface area contributed by atoms with E-state index >= 15 is 0 Å². The van der Waals surface area contributed by atoms with Gasteiger partial charge in [0, 0.05) is 17.7 Å². The molecular formula is C13H9BN2O4S. The molecule has 3 aromatic rings. The molecule has 0 fully saturated rings. The van der Waals surface area contributed by atoms with Gasteiger partial charge in [-0.1, -0.05) is 6.07 Å². The first-order chi connectivity index (χ1) is 10.0. The zero-order valence-electron chi connectivity index (χ0n) is 10.6. The van der Waals surface area contributed by atoms with Gasteiger partial charge < -0.3 is 10.0 Å². The molecule has 21 heavy (non-hydrogen) atoms. The smallest absolute Gasteiger partial charge is 0.423 e. The molecule has 104 valence electrons. The van der Waals surface area contributed by atoms with Crippen molar-refractivity contribution in [3.8, 4) is 10.6 Å². The monoisotopic (exact) mass is 300 g/mol. The second kappa shape index (κ2) is 5.25. The number of benzene rings is 2. The molecule has 0 saturated carbocycles. The third kappa shape index (κ3) is 2.64. The number of hydrogen-bond acceptors (Lipinski definition) is 6. The highest BCUT2D eigenvalue weighted by atomic mass is 32.1. The van der Waals surface area contributed by atoms with Crippen molar-refractivity contribution in [3.63, 3.8) is 0 Å². The molecule has 0 atom stereocenters. The number of nitro groups is 1. The Bertz CT molecular complexity index is 817. The van der Waals surface area contributed by atoms with Crippen LogP contribution >= 0.6 is 11.3 Å². The zero-order chi connectivity index (χ0) is 15.0. The standard InChI is InChI=1S/C13H9BN2O4S/c17-14(18)9-3-6-11-12(7-9)21-13(15-11)8-1-4-10(5-2-8)16(19)20/h1-7,17-18H. The Hall–Kier alpha value is -2.29. The molecule has 1 heterocycles. The Morgan fingerprint density at radius 3 is 2.48 bits per heavy atom. The lowest BCUT2D eigenvalue weighted by Gasteiger charge is -1.96. The van der Waals surface area contributed by atoms with Gasteiger partial charge in [0.2, 0.25) is 0 Å². The fourth-order valence-corrected chi connectivity index (χ4v) is 2.97. The first-order valence-corrected chi connectivity index (χ1v) is 6.88. The number of fused-ring (bicyclic) bond motifs is 1. The van der Waals surface area contributed by atoms with Gasteiger partial charge in [-0.15, -0.1) is 11.3 Å². The van der Waals surface area contributed by atoms with Crippen molar-refractivity contribution >= 4 is 39.8 Å². The Morgan fingerprint density at radius 1 is 1.14 bits per heavy atom. The van der Waals surface area contributed by atoms with E-state index < -0.39 is 12.0 Å². The molecule has 8 heteroatoms. The summed E-state index contributed by atoms with van der Waals surface area (Å²) in [7, 11) is -1.51. The fourth-order valence-electron chi connectivity index (χ4n) is 1.95. The summed E-state index contributed by atoms with van der Waals surface area (Å²) in [6, 6.07) is 11.2. The molecule has 0 aliphatic rings. The van der Waals surface area contributed by atoms with Crippen LogP contribution in [0, 0.1) is 10.1 Å². The number of nitrogens with zero attached hydrogens (tertiary/aromatic N) is 2. The van der Waals surface area contributed by atoms with Gasteiger partial charge >= 0.3 is 7.12 Å². The van der Waals surface area contributed by atoms with E-state index in [1.807, 2.05) is 0 Å². The molecule has 0 aliphatic heterocycles. The van der Waals surface area contributed by atoms with Crippen molar-refractivity contribution in [3.05, 3.63) is 52.6 Å². The van der Waals surface area contributed by atoms with Gasteiger partial charge in [0.05, 0.1) is 15.1 Å². The van der Waals surface area contributed by atoms with Crippen molar-refractivity contribution in [2.45, 2.75) is 0 Å². The van der Waals surface area contributed by atoms with Crippen molar-refractivity contribution in [1.82, 2.24) is 4.98 Å². The minimum atomic E-state index is -1.51. The molecule has 3 rings (SSSR count).